The first kappa shape index (κ1) is 20.3. The summed E-state index contributed by atoms with van der Waals surface area (Å²) in [4.78, 5) is 1.05. The van der Waals surface area contributed by atoms with E-state index in [1.165, 1.54) is 6.07 Å². The molecule has 0 radical (unpaired) electrons. The van der Waals surface area contributed by atoms with Gasteiger partial charge in [-0.25, -0.2) is 17.6 Å². The number of anilines is 2. The molecule has 1 nitrogen and oxygen atoms in total. The van der Waals surface area contributed by atoms with Crippen LogP contribution in [0.3, 0.4) is 0 Å². The monoisotopic (exact) mass is 425 g/mol. The molecule has 1 unspecified atom stereocenters. The zero-order valence-corrected chi connectivity index (χ0v) is 15.3. The summed E-state index contributed by atoms with van der Waals surface area (Å²) < 4.78 is 97.4. The summed E-state index contributed by atoms with van der Waals surface area (Å²) in [6, 6.07) is 14.2. The molecule has 4 rings (SSSR count). The molecule has 1 aliphatic rings. The predicted molar refractivity (Wildman–Crippen MR) is 97.4 cm³/mol. The lowest BCUT2D eigenvalue weighted by Gasteiger charge is -2.39. The highest BCUT2D eigenvalue weighted by atomic mass is 19.4. The van der Waals surface area contributed by atoms with E-state index in [1.54, 1.807) is 48.5 Å². The minimum Gasteiger partial charge on any atom is -0.329 e. The molecule has 1 heterocycles. The molecule has 30 heavy (non-hydrogen) atoms. The fourth-order valence-electron chi connectivity index (χ4n) is 3.89. The number of alkyl halides is 3. The molecule has 0 saturated carbocycles. The van der Waals surface area contributed by atoms with Crippen LogP contribution in [0.2, 0.25) is 0 Å². The summed E-state index contributed by atoms with van der Waals surface area (Å²) in [7, 11) is 0. The molecule has 1 aliphatic heterocycles. The Labute approximate surface area is 167 Å². The Morgan fingerprint density at radius 3 is 1.90 bits per heavy atom. The molecular weight excluding hydrogens is 411 g/mol. The fourth-order valence-corrected chi connectivity index (χ4v) is 3.89. The number of benzene rings is 3. The quantitative estimate of drug-likeness (QED) is 0.313. The van der Waals surface area contributed by atoms with Crippen molar-refractivity contribution in [1.29, 1.82) is 0 Å². The number of hydrogen-bond acceptors (Lipinski definition) is 1. The van der Waals surface area contributed by atoms with Gasteiger partial charge in [0.05, 0.1) is 6.04 Å². The SMILES string of the molecule is Fc1c(F)c(C(F)(F)F)c(F)c(F)c1N1c2ccccc2CCC1c1ccccc1. The van der Waals surface area contributed by atoms with E-state index in [4.69, 9.17) is 0 Å². The number of halogens is 7. The summed E-state index contributed by atoms with van der Waals surface area (Å²) in [5.41, 5.74) is -2.23. The van der Waals surface area contributed by atoms with Crippen molar-refractivity contribution < 1.29 is 30.7 Å². The van der Waals surface area contributed by atoms with Gasteiger partial charge in [0.1, 0.15) is 11.3 Å². The number of fused-ring (bicyclic) bond motifs is 1. The molecule has 8 heteroatoms. The third-order valence-electron chi connectivity index (χ3n) is 5.20. The van der Waals surface area contributed by atoms with Crippen molar-refractivity contribution in [1.82, 2.24) is 0 Å². The lowest BCUT2D eigenvalue weighted by atomic mass is 9.90. The van der Waals surface area contributed by atoms with Gasteiger partial charge in [-0.15, -0.1) is 0 Å². The summed E-state index contributed by atoms with van der Waals surface area (Å²) in [5.74, 6) is -9.10. The van der Waals surface area contributed by atoms with Gasteiger partial charge in [-0.3, -0.25) is 0 Å². The number of para-hydroxylation sites is 1. The Kier molecular flexibility index (Phi) is 4.95. The van der Waals surface area contributed by atoms with Crippen molar-refractivity contribution in [2.24, 2.45) is 0 Å². The standard InChI is InChI=1S/C22H14F7N/c23-17-16(22(27,28)29)18(24)20(26)21(19(17)25)30-14-9-5-4-8-13(14)10-11-15(30)12-6-2-1-3-7-12/h1-9,15H,10-11H2. The molecule has 0 bridgehead atoms. The van der Waals surface area contributed by atoms with Crippen LogP contribution in [-0.2, 0) is 12.6 Å². The van der Waals surface area contributed by atoms with E-state index in [2.05, 4.69) is 0 Å². The summed E-state index contributed by atoms with van der Waals surface area (Å²) in [5, 5.41) is 0. The number of aryl methyl sites for hydroxylation is 1. The van der Waals surface area contributed by atoms with Gasteiger partial charge >= 0.3 is 6.18 Å². The molecule has 0 amide bonds. The Morgan fingerprint density at radius 1 is 0.733 bits per heavy atom. The molecule has 3 aromatic rings. The first-order valence-corrected chi connectivity index (χ1v) is 9.07. The molecule has 0 N–H and O–H groups in total. The first-order chi connectivity index (χ1) is 14.2. The summed E-state index contributed by atoms with van der Waals surface area (Å²) in [6.07, 6.45) is -4.74. The third-order valence-corrected chi connectivity index (χ3v) is 5.20. The van der Waals surface area contributed by atoms with Gasteiger partial charge in [-0.05, 0) is 30.0 Å². The van der Waals surface area contributed by atoms with Crippen LogP contribution in [0.5, 0.6) is 0 Å². The average Bonchev–Trinajstić information content (AvgIpc) is 2.72. The van der Waals surface area contributed by atoms with Crippen LogP contribution in [0.1, 0.15) is 29.2 Å². The topological polar surface area (TPSA) is 3.24 Å². The lowest BCUT2D eigenvalue weighted by Crippen LogP contribution is -2.31. The maximum Gasteiger partial charge on any atom is 0.422 e. The van der Waals surface area contributed by atoms with E-state index in [0.29, 0.717) is 24.0 Å². The van der Waals surface area contributed by atoms with Crippen LogP contribution < -0.4 is 4.90 Å². The van der Waals surface area contributed by atoms with E-state index in [9.17, 15) is 30.7 Å². The Morgan fingerprint density at radius 2 is 1.30 bits per heavy atom. The van der Waals surface area contributed by atoms with Gasteiger partial charge in [0.2, 0.25) is 0 Å². The molecule has 0 spiro atoms. The zero-order valence-electron chi connectivity index (χ0n) is 15.3. The van der Waals surface area contributed by atoms with Crippen molar-refractivity contribution in [3.05, 3.63) is 94.6 Å². The first-order valence-electron chi connectivity index (χ1n) is 9.07. The predicted octanol–water partition coefficient (Wildman–Crippen LogP) is 7.09. The van der Waals surface area contributed by atoms with Gasteiger partial charge in [-0.2, -0.15) is 13.2 Å². The van der Waals surface area contributed by atoms with Gasteiger partial charge in [0, 0.05) is 5.69 Å². The van der Waals surface area contributed by atoms with Crippen LogP contribution in [0.25, 0.3) is 0 Å². The minimum absolute atomic E-state index is 0.272. The van der Waals surface area contributed by atoms with Gasteiger partial charge in [-0.1, -0.05) is 48.5 Å². The van der Waals surface area contributed by atoms with Gasteiger partial charge in [0.25, 0.3) is 0 Å². The molecule has 3 aromatic carbocycles. The van der Waals surface area contributed by atoms with E-state index in [-0.39, 0.29) is 5.69 Å². The molecule has 0 saturated heterocycles. The van der Waals surface area contributed by atoms with Crippen LogP contribution in [0, 0.1) is 23.3 Å². The highest BCUT2D eigenvalue weighted by molar-refractivity contribution is 5.71. The lowest BCUT2D eigenvalue weighted by molar-refractivity contribution is -0.143. The number of hydrogen-bond donors (Lipinski definition) is 0. The maximum absolute atomic E-state index is 14.9. The van der Waals surface area contributed by atoms with Crippen LogP contribution in [0.4, 0.5) is 42.1 Å². The minimum atomic E-state index is -5.59. The van der Waals surface area contributed by atoms with Crippen molar-refractivity contribution in [3.63, 3.8) is 0 Å². The molecular formula is C22H14F7N. The molecule has 0 aliphatic carbocycles. The highest BCUT2D eigenvalue weighted by Crippen LogP contribution is 2.48. The Hall–Kier alpha value is -3.03. The molecule has 0 fully saturated rings. The van der Waals surface area contributed by atoms with E-state index in [1.807, 2.05) is 0 Å². The third kappa shape index (κ3) is 3.20. The van der Waals surface area contributed by atoms with Crippen LogP contribution >= 0.6 is 0 Å². The second kappa shape index (κ2) is 7.34. The molecule has 0 aromatic heterocycles. The van der Waals surface area contributed by atoms with E-state index >= 15 is 0 Å². The molecule has 156 valence electrons. The average molecular weight is 425 g/mol. The zero-order chi connectivity index (χ0) is 21.6. The number of nitrogens with zero attached hydrogens (tertiary/aromatic N) is 1. The second-order valence-electron chi connectivity index (χ2n) is 6.94. The Bertz CT molecular complexity index is 1060. The normalized spacial score (nSPS) is 16.5. The van der Waals surface area contributed by atoms with Gasteiger partial charge in [0.15, 0.2) is 23.3 Å². The molecule has 1 atom stereocenters. The van der Waals surface area contributed by atoms with Gasteiger partial charge < -0.3 is 4.90 Å². The van der Waals surface area contributed by atoms with E-state index in [0.717, 1.165) is 4.90 Å². The smallest absolute Gasteiger partial charge is 0.329 e. The van der Waals surface area contributed by atoms with Crippen LogP contribution in [-0.4, -0.2) is 0 Å². The largest absolute Gasteiger partial charge is 0.422 e. The second-order valence-corrected chi connectivity index (χ2v) is 6.94. The van der Waals surface area contributed by atoms with Crippen molar-refractivity contribution in [2.45, 2.75) is 25.1 Å². The van der Waals surface area contributed by atoms with Crippen molar-refractivity contribution >= 4 is 11.4 Å². The van der Waals surface area contributed by atoms with Crippen molar-refractivity contribution in [3.8, 4) is 0 Å². The Balaban J connectivity index is 2.01. The summed E-state index contributed by atoms with van der Waals surface area (Å²) >= 11 is 0. The maximum atomic E-state index is 14.9. The highest BCUT2D eigenvalue weighted by Gasteiger charge is 2.44. The van der Waals surface area contributed by atoms with E-state index < -0.39 is 46.7 Å². The number of rotatable bonds is 2. The van der Waals surface area contributed by atoms with Crippen LogP contribution in [0.15, 0.2) is 54.6 Å². The summed E-state index contributed by atoms with van der Waals surface area (Å²) in [6.45, 7) is 0. The van der Waals surface area contributed by atoms with Crippen molar-refractivity contribution in [2.75, 3.05) is 4.90 Å². The fraction of sp³-hybridized carbons (Fsp3) is 0.182.